The van der Waals surface area contributed by atoms with E-state index in [1.165, 1.54) is 0 Å². The largest absolute Gasteiger partial charge is 0.385 e. The Hall–Kier alpha value is -3.34. The van der Waals surface area contributed by atoms with Crippen LogP contribution in [0, 0.1) is 0 Å². The highest BCUT2D eigenvalue weighted by molar-refractivity contribution is 6.17. The minimum absolute atomic E-state index is 0.0932. The lowest BCUT2D eigenvalue weighted by Crippen LogP contribution is -2.13. The van der Waals surface area contributed by atoms with E-state index in [2.05, 4.69) is 4.98 Å². The van der Waals surface area contributed by atoms with E-state index in [9.17, 15) is 9.59 Å². The van der Waals surface area contributed by atoms with E-state index in [-0.39, 0.29) is 22.9 Å². The molecular formula is C18H15N3O2. The summed E-state index contributed by atoms with van der Waals surface area (Å²) in [5, 5.41) is 0. The normalized spacial score (nSPS) is 10.4. The molecule has 3 aromatic rings. The van der Waals surface area contributed by atoms with Crippen LogP contribution in [0.1, 0.15) is 26.4 Å². The predicted molar refractivity (Wildman–Crippen MR) is 89.0 cm³/mol. The van der Waals surface area contributed by atoms with E-state index in [0.29, 0.717) is 16.7 Å². The zero-order valence-corrected chi connectivity index (χ0v) is 12.2. The molecule has 2 aromatic carbocycles. The number of carbonyl (C=O) groups is 2. The average Bonchev–Trinajstić information content (AvgIpc) is 2.93. The van der Waals surface area contributed by atoms with Crippen molar-refractivity contribution in [3.05, 3.63) is 77.5 Å². The molecule has 0 saturated carbocycles. The van der Waals surface area contributed by atoms with Crippen molar-refractivity contribution in [2.24, 2.45) is 5.73 Å². The van der Waals surface area contributed by atoms with Crippen LogP contribution in [0.25, 0.3) is 11.1 Å². The van der Waals surface area contributed by atoms with Crippen molar-refractivity contribution in [1.82, 2.24) is 4.98 Å². The number of aromatic amines is 1. The molecule has 23 heavy (non-hydrogen) atoms. The summed E-state index contributed by atoms with van der Waals surface area (Å²) >= 11 is 0. The molecule has 0 aliphatic rings. The molecule has 0 saturated heterocycles. The van der Waals surface area contributed by atoms with Gasteiger partial charge in [0.25, 0.3) is 5.91 Å². The summed E-state index contributed by atoms with van der Waals surface area (Å²) < 4.78 is 0. The fourth-order valence-corrected chi connectivity index (χ4v) is 2.57. The van der Waals surface area contributed by atoms with Crippen molar-refractivity contribution < 1.29 is 9.59 Å². The first-order chi connectivity index (χ1) is 11.1. The lowest BCUT2D eigenvalue weighted by Gasteiger charge is -2.06. The molecule has 5 nitrogen and oxygen atoms in total. The zero-order chi connectivity index (χ0) is 16.4. The number of H-pyrrole nitrogens is 1. The van der Waals surface area contributed by atoms with Crippen LogP contribution in [0.3, 0.4) is 0 Å². The van der Waals surface area contributed by atoms with E-state index >= 15 is 0 Å². The molecule has 114 valence electrons. The Bertz CT molecular complexity index is 868. The third kappa shape index (κ3) is 2.60. The number of nitrogens with two attached hydrogens (primary N) is 2. The second-order valence-corrected chi connectivity index (χ2v) is 5.09. The predicted octanol–water partition coefficient (Wildman–Crippen LogP) is 2.59. The summed E-state index contributed by atoms with van der Waals surface area (Å²) in [6.07, 6.45) is 0. The van der Waals surface area contributed by atoms with Crippen LogP contribution in [0.2, 0.25) is 0 Å². The second-order valence-electron chi connectivity index (χ2n) is 5.09. The van der Waals surface area contributed by atoms with Crippen molar-refractivity contribution in [3.8, 4) is 11.1 Å². The molecule has 0 aliphatic heterocycles. The number of amides is 1. The first kappa shape index (κ1) is 14.6. The summed E-state index contributed by atoms with van der Waals surface area (Å²) in [5.41, 5.74) is 13.4. The van der Waals surface area contributed by atoms with Crippen molar-refractivity contribution in [2.45, 2.75) is 0 Å². The fourth-order valence-electron chi connectivity index (χ4n) is 2.57. The quantitative estimate of drug-likeness (QED) is 0.645. The van der Waals surface area contributed by atoms with Gasteiger partial charge in [-0.1, -0.05) is 60.7 Å². The minimum Gasteiger partial charge on any atom is -0.385 e. The molecule has 1 amide bonds. The molecule has 0 fully saturated rings. The lowest BCUT2D eigenvalue weighted by atomic mass is 9.97. The lowest BCUT2D eigenvalue weighted by molar-refractivity contribution is 0.100. The monoisotopic (exact) mass is 305 g/mol. The number of ketones is 1. The van der Waals surface area contributed by atoms with Gasteiger partial charge in [0.1, 0.15) is 5.82 Å². The van der Waals surface area contributed by atoms with Crippen LogP contribution in [0.4, 0.5) is 5.82 Å². The van der Waals surface area contributed by atoms with Crippen LogP contribution in [0.5, 0.6) is 0 Å². The molecule has 0 spiro atoms. The van der Waals surface area contributed by atoms with Gasteiger partial charge in [0, 0.05) is 11.1 Å². The number of nitrogens with one attached hydrogen (secondary N) is 1. The van der Waals surface area contributed by atoms with Crippen LogP contribution in [-0.4, -0.2) is 16.7 Å². The molecule has 5 N–H and O–H groups in total. The Balaban J connectivity index is 2.24. The van der Waals surface area contributed by atoms with Gasteiger partial charge in [0.05, 0.1) is 11.3 Å². The first-order valence-electron chi connectivity index (χ1n) is 7.06. The number of aromatic nitrogens is 1. The maximum atomic E-state index is 12.8. The molecule has 0 unspecified atom stereocenters. The van der Waals surface area contributed by atoms with Gasteiger partial charge in [-0.25, -0.2) is 0 Å². The molecule has 3 rings (SSSR count). The third-order valence-electron chi connectivity index (χ3n) is 3.60. The standard InChI is InChI=1S/C18H15N3O2/c19-17-14(18(20)23)13(11-7-3-1-4-8-11)15(21-17)16(22)12-9-5-2-6-10-12/h1-10,21H,19H2,(H2,20,23). The Kier molecular flexibility index (Phi) is 3.68. The topological polar surface area (TPSA) is 102 Å². The number of anilines is 1. The fraction of sp³-hybridized carbons (Fsp3) is 0. The van der Waals surface area contributed by atoms with Crippen molar-refractivity contribution in [1.29, 1.82) is 0 Å². The van der Waals surface area contributed by atoms with Crippen LogP contribution in [0.15, 0.2) is 60.7 Å². The Labute approximate surface area is 132 Å². The summed E-state index contributed by atoms with van der Waals surface area (Å²) in [7, 11) is 0. The molecule has 0 radical (unpaired) electrons. The molecule has 1 aromatic heterocycles. The van der Waals surface area contributed by atoms with Crippen molar-refractivity contribution >= 4 is 17.5 Å². The van der Waals surface area contributed by atoms with E-state index in [1.54, 1.807) is 36.4 Å². The van der Waals surface area contributed by atoms with Crippen molar-refractivity contribution in [3.63, 3.8) is 0 Å². The van der Waals surface area contributed by atoms with Crippen LogP contribution in [-0.2, 0) is 0 Å². The third-order valence-corrected chi connectivity index (χ3v) is 3.60. The number of benzene rings is 2. The molecular weight excluding hydrogens is 290 g/mol. The molecule has 0 aliphatic carbocycles. The SMILES string of the molecule is NC(=O)c1c(N)[nH]c(C(=O)c2ccccc2)c1-c1ccccc1. The average molecular weight is 305 g/mol. The molecule has 0 atom stereocenters. The van der Waals surface area contributed by atoms with Gasteiger partial charge in [-0.3, -0.25) is 9.59 Å². The number of rotatable bonds is 4. The smallest absolute Gasteiger partial charge is 0.253 e. The van der Waals surface area contributed by atoms with Gasteiger partial charge < -0.3 is 16.5 Å². The number of carbonyl (C=O) groups excluding carboxylic acids is 2. The Morgan fingerprint density at radius 2 is 1.43 bits per heavy atom. The Morgan fingerprint density at radius 3 is 2.00 bits per heavy atom. The number of primary amides is 1. The second kappa shape index (κ2) is 5.81. The van der Waals surface area contributed by atoms with Gasteiger partial charge in [0.2, 0.25) is 5.78 Å². The summed E-state index contributed by atoms with van der Waals surface area (Å²) in [5.74, 6) is -0.830. The molecule has 0 bridgehead atoms. The van der Waals surface area contributed by atoms with E-state index < -0.39 is 5.91 Å². The summed E-state index contributed by atoms with van der Waals surface area (Å²) in [4.78, 5) is 27.4. The van der Waals surface area contributed by atoms with Gasteiger partial charge in [-0.15, -0.1) is 0 Å². The number of nitrogen functional groups attached to an aromatic ring is 1. The highest BCUT2D eigenvalue weighted by Gasteiger charge is 2.25. The zero-order valence-electron chi connectivity index (χ0n) is 12.2. The van der Waals surface area contributed by atoms with Gasteiger partial charge in [-0.2, -0.15) is 0 Å². The maximum Gasteiger partial charge on any atom is 0.253 e. The first-order valence-corrected chi connectivity index (χ1v) is 7.06. The maximum absolute atomic E-state index is 12.8. The molecule has 1 heterocycles. The van der Waals surface area contributed by atoms with Gasteiger partial charge >= 0.3 is 0 Å². The van der Waals surface area contributed by atoms with E-state index in [1.807, 2.05) is 24.3 Å². The highest BCUT2D eigenvalue weighted by atomic mass is 16.1. The molecule has 5 heteroatoms. The van der Waals surface area contributed by atoms with Crippen LogP contribution < -0.4 is 11.5 Å². The minimum atomic E-state index is -0.676. The van der Waals surface area contributed by atoms with E-state index in [4.69, 9.17) is 11.5 Å². The van der Waals surface area contributed by atoms with Gasteiger partial charge in [0.15, 0.2) is 0 Å². The van der Waals surface area contributed by atoms with Crippen molar-refractivity contribution in [2.75, 3.05) is 5.73 Å². The summed E-state index contributed by atoms with van der Waals surface area (Å²) in [6.45, 7) is 0. The number of hydrogen-bond acceptors (Lipinski definition) is 3. The van der Waals surface area contributed by atoms with Gasteiger partial charge in [-0.05, 0) is 5.56 Å². The Morgan fingerprint density at radius 1 is 0.870 bits per heavy atom. The van der Waals surface area contributed by atoms with E-state index in [0.717, 1.165) is 0 Å². The number of hydrogen-bond donors (Lipinski definition) is 3. The summed E-state index contributed by atoms with van der Waals surface area (Å²) in [6, 6.07) is 17.9. The highest BCUT2D eigenvalue weighted by Crippen LogP contribution is 2.32. The van der Waals surface area contributed by atoms with Crippen LogP contribution >= 0.6 is 0 Å².